The summed E-state index contributed by atoms with van der Waals surface area (Å²) in [5, 5.41) is 0. The first-order chi connectivity index (χ1) is 30.5. The van der Waals surface area contributed by atoms with Gasteiger partial charge in [0, 0.05) is 25.7 Å². The first-order valence-corrected chi connectivity index (χ1v) is 23.0. The van der Waals surface area contributed by atoms with Crippen LogP contribution in [-0.4, -0.2) is 98.4 Å². The minimum atomic E-state index is -0.555. The number of aryl methyl sites for hydroxylation is 2. The van der Waals surface area contributed by atoms with E-state index < -0.39 is 35.8 Å². The van der Waals surface area contributed by atoms with Crippen molar-refractivity contribution in [2.24, 2.45) is 0 Å². The highest BCUT2D eigenvalue weighted by atomic mass is 79.9. The van der Waals surface area contributed by atoms with Crippen molar-refractivity contribution in [2.75, 3.05) is 42.7 Å². The van der Waals surface area contributed by atoms with E-state index in [0.29, 0.717) is 107 Å². The van der Waals surface area contributed by atoms with Gasteiger partial charge in [-0.1, -0.05) is 0 Å². The normalized spacial score (nSPS) is 12.3. The van der Waals surface area contributed by atoms with Gasteiger partial charge >= 0.3 is 35.8 Å². The molecule has 2 N–H and O–H groups in total. The van der Waals surface area contributed by atoms with E-state index in [0.717, 1.165) is 0 Å². The average Bonchev–Trinajstić information content (AvgIpc) is 4.04. The third-order valence-corrected chi connectivity index (χ3v) is 14.2. The number of carbonyl (C=O) groups excluding carboxylic acids is 6. The number of methoxy groups -OCH3 is 6. The van der Waals surface area contributed by atoms with Crippen molar-refractivity contribution in [1.82, 2.24) is 19.9 Å². The number of halogens is 4. The maximum Gasteiger partial charge on any atom is 0.310 e. The van der Waals surface area contributed by atoms with Crippen molar-refractivity contribution in [3.8, 4) is 0 Å². The Morgan fingerprint density at radius 3 is 0.969 bits per heavy atom. The molecule has 0 aromatic carbocycles. The zero-order chi connectivity index (χ0) is 47.2. The van der Waals surface area contributed by atoms with Gasteiger partial charge in [-0.05, 0) is 148 Å². The van der Waals surface area contributed by atoms with Crippen molar-refractivity contribution in [3.05, 3.63) is 62.9 Å². The van der Waals surface area contributed by atoms with Gasteiger partial charge in [0.1, 0.15) is 0 Å². The van der Waals surface area contributed by atoms with Gasteiger partial charge in [0.2, 0.25) is 0 Å². The van der Waals surface area contributed by atoms with Crippen molar-refractivity contribution in [2.45, 2.75) is 78.1 Å². The zero-order valence-corrected chi connectivity index (χ0v) is 42.7. The van der Waals surface area contributed by atoms with E-state index in [1.807, 2.05) is 13.8 Å². The molecule has 0 saturated carbocycles. The van der Waals surface area contributed by atoms with E-state index >= 15 is 0 Å². The second-order valence-electron chi connectivity index (χ2n) is 14.6. The molecule has 16 nitrogen and oxygen atoms in total. The summed E-state index contributed by atoms with van der Waals surface area (Å²) in [7, 11) is 7.76. The molecule has 0 radical (unpaired) electrons. The van der Waals surface area contributed by atoms with Crippen LogP contribution in [0.15, 0.2) is 17.9 Å². The van der Waals surface area contributed by atoms with E-state index in [1.165, 1.54) is 42.7 Å². The SMILES string of the molecule is COC(=O)CCC1=C(C)c2nc1c(Br)c1[nH]c(c(Br)c3nc(c(Br)c4[nH]c(c2Br)c(CCC(=O)OC)c4CC(=O)OC)C(CCC(=O)OC)=C3C)c(CCC(=O)OC)c1CC(=O)OC. The summed E-state index contributed by atoms with van der Waals surface area (Å²) >= 11 is 15.4. The number of carbonyl (C=O) groups is 6. The second-order valence-corrected chi connectivity index (χ2v) is 17.7. The lowest BCUT2D eigenvalue weighted by atomic mass is 9.98. The summed E-state index contributed by atoms with van der Waals surface area (Å²) in [5.41, 5.74) is 8.47. The Balaban J connectivity index is 2.14. The quantitative estimate of drug-likeness (QED) is 0.101. The number of hydrogen-bond donors (Lipinski definition) is 2. The van der Waals surface area contributed by atoms with Crippen molar-refractivity contribution < 1.29 is 57.2 Å². The number of allylic oxidation sites excluding steroid dienone is 4. The van der Waals surface area contributed by atoms with Gasteiger partial charge < -0.3 is 38.4 Å². The third kappa shape index (κ3) is 10.6. The molecule has 0 aliphatic carbocycles. The number of fused-ring (bicyclic) bond motifs is 8. The van der Waals surface area contributed by atoms with Crippen LogP contribution in [0.4, 0.5) is 0 Å². The predicted molar refractivity (Wildman–Crippen MR) is 251 cm³/mol. The molecule has 64 heavy (non-hydrogen) atoms. The topological polar surface area (TPSA) is 215 Å². The van der Waals surface area contributed by atoms with Crippen LogP contribution in [0.25, 0.3) is 44.4 Å². The Morgan fingerprint density at radius 2 is 0.672 bits per heavy atom. The lowest BCUT2D eigenvalue weighted by Gasteiger charge is -2.08. The second kappa shape index (κ2) is 22.0. The maximum atomic E-state index is 13.2. The highest BCUT2D eigenvalue weighted by molar-refractivity contribution is 9.11. The molecular weight excluding hydrogens is 1100 g/mol. The lowest BCUT2D eigenvalue weighted by molar-refractivity contribution is -0.141. The van der Waals surface area contributed by atoms with Gasteiger partial charge in [-0.3, -0.25) is 28.8 Å². The number of nitrogens with zero attached hydrogens (tertiary/aromatic N) is 2. The van der Waals surface area contributed by atoms with Gasteiger partial charge in [0.15, 0.2) is 0 Å². The molecule has 2 aliphatic rings. The summed E-state index contributed by atoms with van der Waals surface area (Å²) in [4.78, 5) is 94.6. The molecule has 0 unspecified atom stereocenters. The van der Waals surface area contributed by atoms with Gasteiger partial charge in [0.25, 0.3) is 0 Å². The number of aromatic nitrogens is 4. The van der Waals surface area contributed by atoms with E-state index in [1.54, 1.807) is 0 Å². The number of rotatable bonds is 16. The van der Waals surface area contributed by atoms with Crippen molar-refractivity contribution in [3.63, 3.8) is 0 Å². The predicted octanol–water partition coefficient (Wildman–Crippen LogP) is 8.77. The summed E-state index contributed by atoms with van der Waals surface area (Å²) in [6.07, 6.45) is 0.147. The molecule has 0 spiro atoms. The minimum absolute atomic E-state index is 0.00659. The van der Waals surface area contributed by atoms with E-state index in [-0.39, 0.29) is 64.2 Å². The van der Waals surface area contributed by atoms with E-state index in [2.05, 4.69) is 73.7 Å². The summed E-state index contributed by atoms with van der Waals surface area (Å²) in [6, 6.07) is 0. The number of ether oxygens (including phenoxy) is 6. The van der Waals surface area contributed by atoms with Crippen LogP contribution in [0, 0.1) is 0 Å². The van der Waals surface area contributed by atoms with Crippen LogP contribution in [0.2, 0.25) is 0 Å². The Kier molecular flexibility index (Phi) is 17.3. The van der Waals surface area contributed by atoms with E-state index in [4.69, 9.17) is 38.4 Å². The fraction of sp³-hybridized carbons (Fsp3) is 0.409. The Morgan fingerprint density at radius 1 is 0.406 bits per heavy atom. The molecule has 5 heterocycles. The molecule has 0 saturated heterocycles. The first-order valence-electron chi connectivity index (χ1n) is 19.8. The number of esters is 6. The standard InChI is InChI=1S/C44H46Br4N4O12/c1-19-21(9-13-27(53)59-3)39-35(47)43-26(18-32(58)64-8)24(12-16-30(56)62-6)42(52-43)34(46)38-20(2)22(10-14-28(54)60-4)40(50-38)36(48)44-25(17-31(57)63-7)23(11-15-29(55)61-5)41(51-44)33(45)37(19)49-39/h51-52H,9-18H2,1-8H3. The van der Waals surface area contributed by atoms with Gasteiger partial charge in [-0.15, -0.1) is 0 Å². The van der Waals surface area contributed by atoms with Crippen molar-refractivity contribution in [1.29, 1.82) is 0 Å². The molecule has 5 rings (SSSR count). The summed E-state index contributed by atoms with van der Waals surface area (Å²) < 4.78 is 32.2. The van der Waals surface area contributed by atoms with Gasteiger partial charge in [-0.25, -0.2) is 9.97 Å². The number of H-pyrrole nitrogens is 2. The third-order valence-electron chi connectivity index (χ3n) is 11.1. The molecule has 0 atom stereocenters. The Labute approximate surface area is 402 Å². The minimum Gasteiger partial charge on any atom is -0.469 e. The molecule has 3 aromatic rings. The van der Waals surface area contributed by atoms with Crippen LogP contribution >= 0.6 is 63.7 Å². The molecule has 2 aliphatic heterocycles. The van der Waals surface area contributed by atoms with Crippen LogP contribution in [0.1, 0.15) is 97.4 Å². The zero-order valence-electron chi connectivity index (χ0n) is 36.4. The molecule has 0 fully saturated rings. The molecular formula is C44H46Br4N4O12. The molecule has 342 valence electrons. The Hall–Kier alpha value is -4.66. The lowest BCUT2D eigenvalue weighted by Crippen LogP contribution is -2.08. The van der Waals surface area contributed by atoms with Gasteiger partial charge in [-0.2, -0.15) is 0 Å². The van der Waals surface area contributed by atoms with Crippen LogP contribution in [-0.2, 0) is 82.9 Å². The largest absolute Gasteiger partial charge is 0.469 e. The van der Waals surface area contributed by atoms with Crippen molar-refractivity contribution >= 4 is 144 Å². The molecule has 3 aromatic heterocycles. The van der Waals surface area contributed by atoms with Crippen LogP contribution in [0.5, 0.6) is 0 Å². The molecule has 0 amide bonds. The fourth-order valence-corrected chi connectivity index (χ4v) is 10.4. The monoisotopic (exact) mass is 1140 g/mol. The highest BCUT2D eigenvalue weighted by Crippen LogP contribution is 2.46. The number of aromatic amines is 2. The summed E-state index contributed by atoms with van der Waals surface area (Å²) in [5.74, 6) is -2.96. The average molecular weight is 1140 g/mol. The summed E-state index contributed by atoms with van der Waals surface area (Å²) in [6.45, 7) is 3.72. The molecule has 8 bridgehead atoms. The maximum absolute atomic E-state index is 13.2. The Bertz CT molecular complexity index is 2500. The fourth-order valence-electron chi connectivity index (χ4n) is 7.64. The smallest absolute Gasteiger partial charge is 0.310 e. The highest BCUT2D eigenvalue weighted by Gasteiger charge is 2.31. The number of nitrogens with one attached hydrogen (secondary N) is 2. The molecule has 20 heteroatoms. The van der Waals surface area contributed by atoms with E-state index in [9.17, 15) is 28.8 Å². The first kappa shape index (κ1) is 50.3. The van der Waals surface area contributed by atoms with Crippen LogP contribution < -0.4 is 0 Å². The van der Waals surface area contributed by atoms with Gasteiger partial charge in [0.05, 0.1) is 118 Å². The van der Waals surface area contributed by atoms with Crippen LogP contribution in [0.3, 0.4) is 0 Å². The number of hydrogen-bond acceptors (Lipinski definition) is 14.